The predicted octanol–water partition coefficient (Wildman–Crippen LogP) is 2.80. The Morgan fingerprint density at radius 1 is 0.909 bits per heavy atom. The summed E-state index contributed by atoms with van der Waals surface area (Å²) in [6.07, 6.45) is 0. The molecule has 112 valence electrons. The largest absolute Gasteiger partial charge is 0.507 e. The van der Waals surface area contributed by atoms with Gasteiger partial charge in [-0.25, -0.2) is 0 Å². The molecule has 0 saturated carbocycles. The van der Waals surface area contributed by atoms with Crippen LogP contribution in [-0.4, -0.2) is 23.5 Å². The van der Waals surface area contributed by atoms with Crippen molar-refractivity contribution in [1.29, 1.82) is 0 Å². The highest BCUT2D eigenvalue weighted by Gasteiger charge is 2.22. The average Bonchev–Trinajstić information content (AvgIpc) is 2.98. The Bertz CT molecular complexity index is 769. The number of carbonyl (C=O) groups is 2. The Kier molecular flexibility index (Phi) is 3.33. The fourth-order valence-corrected chi connectivity index (χ4v) is 2.39. The van der Waals surface area contributed by atoms with E-state index < -0.39 is 11.6 Å². The van der Waals surface area contributed by atoms with Crippen molar-refractivity contribution in [2.75, 3.05) is 6.79 Å². The molecule has 0 spiro atoms. The maximum atomic E-state index is 12.4. The van der Waals surface area contributed by atoms with Crippen LogP contribution in [0.2, 0.25) is 0 Å². The van der Waals surface area contributed by atoms with Crippen LogP contribution < -0.4 is 9.47 Å². The lowest BCUT2D eigenvalue weighted by Crippen LogP contribution is -2.15. The van der Waals surface area contributed by atoms with Crippen molar-refractivity contribution in [2.45, 2.75) is 13.8 Å². The zero-order chi connectivity index (χ0) is 15.9. The van der Waals surface area contributed by atoms with Crippen molar-refractivity contribution in [3.05, 3.63) is 52.6 Å². The summed E-state index contributed by atoms with van der Waals surface area (Å²) >= 11 is 0. The number of rotatable bonds is 3. The van der Waals surface area contributed by atoms with E-state index in [0.29, 0.717) is 22.6 Å². The van der Waals surface area contributed by atoms with E-state index in [9.17, 15) is 14.7 Å². The first-order valence-electron chi connectivity index (χ1n) is 6.76. The summed E-state index contributed by atoms with van der Waals surface area (Å²) in [4.78, 5) is 24.7. The maximum absolute atomic E-state index is 12.4. The fraction of sp³-hybridized carbons (Fsp3) is 0.176. The monoisotopic (exact) mass is 298 g/mol. The first-order valence-corrected chi connectivity index (χ1v) is 6.76. The molecule has 1 aliphatic rings. The number of Topliss-reactive ketones (excluding diaryl/α,β-unsaturated/α-hetero) is 2. The highest BCUT2D eigenvalue weighted by atomic mass is 16.7. The van der Waals surface area contributed by atoms with E-state index in [1.807, 2.05) is 0 Å². The summed E-state index contributed by atoms with van der Waals surface area (Å²) in [5.41, 5.74) is 1.62. The van der Waals surface area contributed by atoms with Crippen molar-refractivity contribution in [3.63, 3.8) is 0 Å². The van der Waals surface area contributed by atoms with Gasteiger partial charge in [0.15, 0.2) is 11.5 Å². The highest BCUT2D eigenvalue weighted by Crippen LogP contribution is 2.33. The molecule has 2 aromatic carbocycles. The number of hydrogen-bond donors (Lipinski definition) is 1. The number of carbonyl (C=O) groups excluding carboxylic acids is 2. The third kappa shape index (κ3) is 2.30. The lowest BCUT2D eigenvalue weighted by molar-refractivity contribution is 0.0816. The molecule has 0 radical (unpaired) electrons. The van der Waals surface area contributed by atoms with Gasteiger partial charge in [0.2, 0.25) is 18.4 Å². The van der Waals surface area contributed by atoms with Crippen LogP contribution in [0.25, 0.3) is 0 Å². The minimum Gasteiger partial charge on any atom is -0.507 e. The Hall–Kier alpha value is -2.82. The van der Waals surface area contributed by atoms with E-state index in [1.165, 1.54) is 24.3 Å². The topological polar surface area (TPSA) is 72.8 Å². The molecule has 0 saturated heterocycles. The molecule has 1 aliphatic heterocycles. The van der Waals surface area contributed by atoms with Crippen LogP contribution in [0.3, 0.4) is 0 Å². The van der Waals surface area contributed by atoms with E-state index in [-0.39, 0.29) is 23.7 Å². The number of aromatic hydroxyl groups is 1. The van der Waals surface area contributed by atoms with E-state index >= 15 is 0 Å². The molecule has 0 atom stereocenters. The number of fused-ring (bicyclic) bond motifs is 1. The number of phenols is 1. The summed E-state index contributed by atoms with van der Waals surface area (Å²) in [5.74, 6) is -0.100. The summed E-state index contributed by atoms with van der Waals surface area (Å²) in [6.45, 7) is 3.48. The van der Waals surface area contributed by atoms with Gasteiger partial charge in [-0.1, -0.05) is 0 Å². The van der Waals surface area contributed by atoms with E-state index in [4.69, 9.17) is 9.47 Å². The van der Waals surface area contributed by atoms with Crippen LogP contribution in [0.5, 0.6) is 17.2 Å². The number of aryl methyl sites for hydroxylation is 2. The molecule has 0 aromatic heterocycles. The number of ether oxygens (including phenoxy) is 2. The second-order valence-corrected chi connectivity index (χ2v) is 5.18. The molecular formula is C17H14O5. The van der Waals surface area contributed by atoms with Gasteiger partial charge < -0.3 is 14.6 Å². The Balaban J connectivity index is 1.93. The standard InChI is InChI=1S/C17H14O5/c1-9-5-12(6-10(2)15(9)18)17(20)16(19)11-3-4-13-14(7-11)22-8-21-13/h3-7,18H,8H2,1-2H3. The number of benzene rings is 2. The number of phenolic OH excluding ortho intramolecular Hbond substituents is 1. The first kappa shape index (κ1) is 14.1. The predicted molar refractivity (Wildman–Crippen MR) is 78.8 cm³/mol. The lowest BCUT2D eigenvalue weighted by atomic mass is 9.97. The van der Waals surface area contributed by atoms with Gasteiger partial charge in [0.05, 0.1) is 0 Å². The summed E-state index contributed by atoms with van der Waals surface area (Å²) in [7, 11) is 0. The molecular weight excluding hydrogens is 284 g/mol. The smallest absolute Gasteiger partial charge is 0.233 e. The van der Waals surface area contributed by atoms with Gasteiger partial charge in [-0.05, 0) is 55.3 Å². The maximum Gasteiger partial charge on any atom is 0.233 e. The van der Waals surface area contributed by atoms with E-state index in [0.717, 1.165) is 0 Å². The summed E-state index contributed by atoms with van der Waals surface area (Å²) < 4.78 is 10.4. The van der Waals surface area contributed by atoms with Gasteiger partial charge in [-0.2, -0.15) is 0 Å². The molecule has 2 aromatic rings. The summed E-state index contributed by atoms with van der Waals surface area (Å²) in [5, 5.41) is 9.75. The molecule has 1 N–H and O–H groups in total. The highest BCUT2D eigenvalue weighted by molar-refractivity contribution is 6.49. The van der Waals surface area contributed by atoms with Crippen molar-refractivity contribution in [2.24, 2.45) is 0 Å². The zero-order valence-electron chi connectivity index (χ0n) is 12.2. The van der Waals surface area contributed by atoms with Gasteiger partial charge in [0, 0.05) is 11.1 Å². The average molecular weight is 298 g/mol. The molecule has 0 unspecified atom stereocenters. The summed E-state index contributed by atoms with van der Waals surface area (Å²) in [6, 6.07) is 7.66. The molecule has 1 heterocycles. The van der Waals surface area contributed by atoms with Crippen LogP contribution in [0.4, 0.5) is 0 Å². The minimum atomic E-state index is -0.622. The molecule has 0 amide bonds. The Labute approximate surface area is 127 Å². The van der Waals surface area contributed by atoms with Crippen LogP contribution in [0.15, 0.2) is 30.3 Å². The molecule has 5 nitrogen and oxygen atoms in total. The van der Waals surface area contributed by atoms with Crippen molar-refractivity contribution < 1.29 is 24.2 Å². The lowest BCUT2D eigenvalue weighted by Gasteiger charge is -2.07. The van der Waals surface area contributed by atoms with Gasteiger partial charge >= 0.3 is 0 Å². The normalized spacial score (nSPS) is 12.3. The quantitative estimate of drug-likeness (QED) is 0.697. The number of ketones is 2. The van der Waals surface area contributed by atoms with E-state index in [1.54, 1.807) is 19.9 Å². The second kappa shape index (κ2) is 5.18. The van der Waals surface area contributed by atoms with Crippen molar-refractivity contribution in [1.82, 2.24) is 0 Å². The van der Waals surface area contributed by atoms with Gasteiger partial charge in [0.1, 0.15) is 5.75 Å². The molecule has 0 bridgehead atoms. The molecule has 0 fully saturated rings. The third-order valence-corrected chi connectivity index (χ3v) is 3.59. The molecule has 5 heteroatoms. The van der Waals surface area contributed by atoms with Crippen LogP contribution in [0.1, 0.15) is 31.8 Å². The zero-order valence-corrected chi connectivity index (χ0v) is 12.2. The Morgan fingerprint density at radius 3 is 2.18 bits per heavy atom. The molecule has 0 aliphatic carbocycles. The van der Waals surface area contributed by atoms with Crippen molar-refractivity contribution in [3.8, 4) is 17.2 Å². The van der Waals surface area contributed by atoms with Gasteiger partial charge in [-0.15, -0.1) is 0 Å². The minimum absolute atomic E-state index is 0.108. The first-order chi connectivity index (χ1) is 10.5. The van der Waals surface area contributed by atoms with Gasteiger partial charge in [0.25, 0.3) is 0 Å². The fourth-order valence-electron chi connectivity index (χ4n) is 2.39. The number of hydrogen-bond acceptors (Lipinski definition) is 5. The van der Waals surface area contributed by atoms with Gasteiger partial charge in [-0.3, -0.25) is 9.59 Å². The Morgan fingerprint density at radius 2 is 1.50 bits per heavy atom. The van der Waals surface area contributed by atoms with Crippen LogP contribution >= 0.6 is 0 Å². The van der Waals surface area contributed by atoms with Crippen LogP contribution in [0, 0.1) is 13.8 Å². The third-order valence-electron chi connectivity index (χ3n) is 3.59. The van der Waals surface area contributed by atoms with Crippen molar-refractivity contribution >= 4 is 11.6 Å². The van der Waals surface area contributed by atoms with E-state index in [2.05, 4.69) is 0 Å². The second-order valence-electron chi connectivity index (χ2n) is 5.18. The van der Waals surface area contributed by atoms with Crippen LogP contribution in [-0.2, 0) is 0 Å². The SMILES string of the molecule is Cc1cc(C(=O)C(=O)c2ccc3c(c2)OCO3)cc(C)c1O. The molecule has 3 rings (SSSR count). The molecule has 22 heavy (non-hydrogen) atoms.